The van der Waals surface area contributed by atoms with Crippen molar-refractivity contribution in [3.8, 4) is 0 Å². The highest BCUT2D eigenvalue weighted by molar-refractivity contribution is 5.93. The molecule has 26 heavy (non-hydrogen) atoms. The number of rotatable bonds is 4. The Morgan fingerprint density at radius 2 is 1.69 bits per heavy atom. The van der Waals surface area contributed by atoms with Gasteiger partial charge in [-0.1, -0.05) is 12.8 Å². The molecule has 0 spiro atoms. The Morgan fingerprint density at radius 1 is 1.00 bits per heavy atom. The number of furan rings is 1. The molecule has 3 fully saturated rings. The monoisotopic (exact) mass is 359 g/mol. The summed E-state index contributed by atoms with van der Waals surface area (Å²) in [5.74, 6) is -0.0453. The zero-order valence-corrected chi connectivity index (χ0v) is 14.9. The molecule has 140 valence electrons. The normalized spacial score (nSPS) is 26.0. The number of nitrogens with zero attached hydrogens (tertiary/aromatic N) is 2. The molecule has 2 saturated carbocycles. The molecule has 2 heterocycles. The highest BCUT2D eigenvalue weighted by atomic mass is 16.3. The van der Waals surface area contributed by atoms with Gasteiger partial charge in [-0.3, -0.25) is 14.4 Å². The lowest BCUT2D eigenvalue weighted by Crippen LogP contribution is -2.51. The van der Waals surface area contributed by atoms with E-state index in [4.69, 9.17) is 4.42 Å². The van der Waals surface area contributed by atoms with Crippen LogP contribution in [-0.4, -0.2) is 59.7 Å². The first kappa shape index (κ1) is 17.1. The summed E-state index contributed by atoms with van der Waals surface area (Å²) >= 11 is 0. The van der Waals surface area contributed by atoms with Gasteiger partial charge < -0.3 is 19.5 Å². The van der Waals surface area contributed by atoms with E-state index in [2.05, 4.69) is 5.32 Å². The second kappa shape index (κ2) is 7.13. The Balaban J connectivity index is 1.24. The highest BCUT2D eigenvalue weighted by Gasteiger charge is 2.50. The highest BCUT2D eigenvalue weighted by Crippen LogP contribution is 2.40. The molecule has 3 amide bonds. The number of carbonyl (C=O) groups excluding carboxylic acids is 3. The van der Waals surface area contributed by atoms with E-state index in [1.807, 2.05) is 0 Å². The van der Waals surface area contributed by atoms with Crippen LogP contribution in [0.3, 0.4) is 0 Å². The van der Waals surface area contributed by atoms with Crippen LogP contribution in [0.1, 0.15) is 42.7 Å². The van der Waals surface area contributed by atoms with Crippen molar-refractivity contribution in [1.82, 2.24) is 15.1 Å². The third-order valence-electron chi connectivity index (χ3n) is 5.76. The van der Waals surface area contributed by atoms with Crippen LogP contribution in [0.5, 0.6) is 0 Å². The molecule has 0 radical (unpaired) electrons. The van der Waals surface area contributed by atoms with Crippen molar-refractivity contribution < 1.29 is 18.8 Å². The molecule has 2 atom stereocenters. The molecule has 7 nitrogen and oxygen atoms in total. The number of hydrogen-bond donors (Lipinski definition) is 1. The van der Waals surface area contributed by atoms with E-state index in [1.54, 1.807) is 21.9 Å². The van der Waals surface area contributed by atoms with Gasteiger partial charge in [0.15, 0.2) is 5.76 Å². The first-order valence-electron chi connectivity index (χ1n) is 9.55. The van der Waals surface area contributed by atoms with Crippen LogP contribution < -0.4 is 5.32 Å². The van der Waals surface area contributed by atoms with Gasteiger partial charge in [0, 0.05) is 32.2 Å². The van der Waals surface area contributed by atoms with E-state index in [-0.39, 0.29) is 29.6 Å². The third-order valence-corrected chi connectivity index (χ3v) is 5.76. The predicted molar refractivity (Wildman–Crippen MR) is 93.2 cm³/mol. The first-order valence-corrected chi connectivity index (χ1v) is 9.55. The smallest absolute Gasteiger partial charge is 0.289 e. The lowest BCUT2D eigenvalue weighted by atomic mass is 10.2. The summed E-state index contributed by atoms with van der Waals surface area (Å²) < 4.78 is 5.15. The van der Waals surface area contributed by atoms with Crippen molar-refractivity contribution in [2.45, 2.75) is 38.1 Å². The predicted octanol–water partition coefficient (Wildman–Crippen LogP) is 1.26. The van der Waals surface area contributed by atoms with Gasteiger partial charge in [-0.05, 0) is 31.4 Å². The molecular weight excluding hydrogens is 334 g/mol. The number of hydrogen-bond acceptors (Lipinski definition) is 4. The summed E-state index contributed by atoms with van der Waals surface area (Å²) in [4.78, 5) is 40.7. The zero-order chi connectivity index (χ0) is 18.1. The molecule has 7 heteroatoms. The molecule has 1 aliphatic heterocycles. The van der Waals surface area contributed by atoms with Gasteiger partial charge in [0.05, 0.1) is 18.1 Å². The lowest BCUT2D eigenvalue weighted by molar-refractivity contribution is -0.136. The van der Waals surface area contributed by atoms with Crippen LogP contribution in [0.4, 0.5) is 0 Å². The molecule has 2 unspecified atom stereocenters. The Kier molecular flexibility index (Phi) is 4.70. The molecule has 2 aliphatic carbocycles. The van der Waals surface area contributed by atoms with E-state index < -0.39 is 0 Å². The minimum atomic E-state index is -0.177. The van der Waals surface area contributed by atoms with Gasteiger partial charge in [0.2, 0.25) is 11.8 Å². The fraction of sp³-hybridized carbons (Fsp3) is 0.632. The topological polar surface area (TPSA) is 82.9 Å². The average Bonchev–Trinajstić information content (AvgIpc) is 3.04. The molecule has 0 bridgehead atoms. The van der Waals surface area contributed by atoms with Gasteiger partial charge in [0.25, 0.3) is 5.91 Å². The van der Waals surface area contributed by atoms with Crippen molar-refractivity contribution >= 4 is 17.7 Å². The van der Waals surface area contributed by atoms with E-state index in [0.29, 0.717) is 44.4 Å². The SMILES string of the molecule is O=C(NC1CCCC1)C1CC1C(=O)N1CCN(C(=O)c2ccco2)CC1. The number of nitrogens with one attached hydrogen (secondary N) is 1. The maximum Gasteiger partial charge on any atom is 0.289 e. The van der Waals surface area contributed by atoms with Gasteiger partial charge in [0.1, 0.15) is 0 Å². The van der Waals surface area contributed by atoms with Gasteiger partial charge in [-0.25, -0.2) is 0 Å². The van der Waals surface area contributed by atoms with Crippen LogP contribution in [0.2, 0.25) is 0 Å². The molecule has 0 aromatic carbocycles. The minimum absolute atomic E-state index is 0.0434. The van der Waals surface area contributed by atoms with Crippen molar-refractivity contribution in [1.29, 1.82) is 0 Å². The van der Waals surface area contributed by atoms with Gasteiger partial charge >= 0.3 is 0 Å². The second-order valence-electron chi connectivity index (χ2n) is 7.53. The molecule has 1 N–H and O–H groups in total. The van der Waals surface area contributed by atoms with Crippen LogP contribution in [0.25, 0.3) is 0 Å². The third kappa shape index (κ3) is 3.48. The summed E-state index contributed by atoms with van der Waals surface area (Å²) in [7, 11) is 0. The zero-order valence-electron chi connectivity index (χ0n) is 14.9. The summed E-state index contributed by atoms with van der Waals surface area (Å²) in [6.07, 6.45) is 6.61. The first-order chi connectivity index (χ1) is 12.6. The Morgan fingerprint density at radius 3 is 2.35 bits per heavy atom. The molecule has 1 aromatic heterocycles. The molecule has 1 aromatic rings. The quantitative estimate of drug-likeness (QED) is 0.877. The van der Waals surface area contributed by atoms with Gasteiger partial charge in [-0.15, -0.1) is 0 Å². The summed E-state index contributed by atoms with van der Waals surface area (Å²) in [6.45, 7) is 2.02. The van der Waals surface area contributed by atoms with E-state index in [9.17, 15) is 14.4 Å². The maximum atomic E-state index is 12.6. The van der Waals surface area contributed by atoms with E-state index in [0.717, 1.165) is 12.8 Å². The largest absolute Gasteiger partial charge is 0.459 e. The summed E-state index contributed by atoms with van der Waals surface area (Å²) in [5, 5.41) is 3.09. The van der Waals surface area contributed by atoms with E-state index >= 15 is 0 Å². The van der Waals surface area contributed by atoms with Crippen LogP contribution in [-0.2, 0) is 9.59 Å². The van der Waals surface area contributed by atoms with Crippen molar-refractivity contribution in [3.63, 3.8) is 0 Å². The van der Waals surface area contributed by atoms with Gasteiger partial charge in [-0.2, -0.15) is 0 Å². The van der Waals surface area contributed by atoms with Crippen molar-refractivity contribution in [3.05, 3.63) is 24.2 Å². The minimum Gasteiger partial charge on any atom is -0.459 e. The molecule has 4 rings (SSSR count). The standard InChI is InChI=1S/C19H25N3O4/c23-17(20-13-4-1-2-5-13)14-12-15(14)18(24)21-7-9-22(10-8-21)19(25)16-6-3-11-26-16/h3,6,11,13-15H,1-2,4-5,7-10,12H2,(H,20,23). The van der Waals surface area contributed by atoms with Crippen LogP contribution >= 0.6 is 0 Å². The second-order valence-corrected chi connectivity index (χ2v) is 7.53. The summed E-state index contributed by atoms with van der Waals surface area (Å²) in [5.41, 5.74) is 0. The van der Waals surface area contributed by atoms with Crippen molar-refractivity contribution in [2.75, 3.05) is 26.2 Å². The molecular formula is C19H25N3O4. The molecule has 3 aliphatic rings. The van der Waals surface area contributed by atoms with Crippen molar-refractivity contribution in [2.24, 2.45) is 11.8 Å². The Labute approximate surface area is 152 Å². The number of piperazine rings is 1. The fourth-order valence-corrected chi connectivity index (χ4v) is 4.06. The van der Waals surface area contributed by atoms with E-state index in [1.165, 1.54) is 19.1 Å². The maximum absolute atomic E-state index is 12.6. The number of carbonyl (C=O) groups is 3. The number of amides is 3. The Hall–Kier alpha value is -2.31. The lowest BCUT2D eigenvalue weighted by Gasteiger charge is -2.34. The summed E-state index contributed by atoms with van der Waals surface area (Å²) in [6, 6.07) is 3.64. The molecule has 1 saturated heterocycles. The fourth-order valence-electron chi connectivity index (χ4n) is 4.06. The van der Waals surface area contributed by atoms with Crippen LogP contribution in [0.15, 0.2) is 22.8 Å². The Bertz CT molecular complexity index is 673. The average molecular weight is 359 g/mol. The van der Waals surface area contributed by atoms with Crippen LogP contribution in [0, 0.1) is 11.8 Å².